The first kappa shape index (κ1) is 13.4. The molecule has 0 saturated heterocycles. The molecule has 0 saturated carbocycles. The van der Waals surface area contributed by atoms with Crippen LogP contribution in [0.3, 0.4) is 0 Å². The first-order valence-corrected chi connectivity index (χ1v) is 5.38. The molecular formula is C11H17N3O3. The van der Waals surface area contributed by atoms with Gasteiger partial charge in [-0.1, -0.05) is 0 Å². The summed E-state index contributed by atoms with van der Waals surface area (Å²) in [6.45, 7) is 1.74. The van der Waals surface area contributed by atoms with Gasteiger partial charge in [0.05, 0.1) is 13.2 Å². The molecule has 6 heteroatoms. The first-order valence-electron chi connectivity index (χ1n) is 5.38. The van der Waals surface area contributed by atoms with E-state index in [-0.39, 0.29) is 11.5 Å². The lowest BCUT2D eigenvalue weighted by Gasteiger charge is -2.06. The Morgan fingerprint density at radius 2 is 2.29 bits per heavy atom. The molecule has 1 rings (SSSR count). The lowest BCUT2D eigenvalue weighted by molar-refractivity contribution is 0.0919. The van der Waals surface area contributed by atoms with Crippen molar-refractivity contribution in [3.05, 3.63) is 34.2 Å². The van der Waals surface area contributed by atoms with E-state index in [0.29, 0.717) is 31.9 Å². The van der Waals surface area contributed by atoms with Crippen LogP contribution in [0.2, 0.25) is 0 Å². The van der Waals surface area contributed by atoms with Gasteiger partial charge in [-0.3, -0.25) is 9.59 Å². The molecule has 0 spiro atoms. The highest BCUT2D eigenvalue weighted by Crippen LogP contribution is 1.93. The minimum absolute atomic E-state index is 0.211. The predicted octanol–water partition coefficient (Wildman–Crippen LogP) is -0.910. The van der Waals surface area contributed by atoms with Crippen LogP contribution in [0.1, 0.15) is 10.4 Å². The van der Waals surface area contributed by atoms with Gasteiger partial charge in [0.25, 0.3) is 11.5 Å². The molecule has 17 heavy (non-hydrogen) atoms. The monoisotopic (exact) mass is 239 g/mol. The molecule has 1 heterocycles. The van der Waals surface area contributed by atoms with Crippen molar-refractivity contribution in [1.29, 1.82) is 0 Å². The second-order valence-corrected chi connectivity index (χ2v) is 3.52. The highest BCUT2D eigenvalue weighted by Gasteiger charge is 2.05. The number of amides is 1. The normalized spacial score (nSPS) is 10.2. The summed E-state index contributed by atoms with van der Waals surface area (Å²) < 4.78 is 6.51. The van der Waals surface area contributed by atoms with Crippen LogP contribution in [0.4, 0.5) is 0 Å². The number of ether oxygens (including phenoxy) is 1. The van der Waals surface area contributed by atoms with E-state index >= 15 is 0 Å². The molecule has 0 aromatic carbocycles. The Balaban J connectivity index is 2.42. The maximum absolute atomic E-state index is 11.6. The zero-order valence-corrected chi connectivity index (χ0v) is 9.81. The van der Waals surface area contributed by atoms with Crippen molar-refractivity contribution in [2.24, 2.45) is 12.8 Å². The van der Waals surface area contributed by atoms with Crippen LogP contribution in [0.25, 0.3) is 0 Å². The molecule has 0 radical (unpaired) electrons. The Kier molecular flexibility index (Phi) is 5.38. The summed E-state index contributed by atoms with van der Waals surface area (Å²) in [6.07, 6.45) is 1.56. The van der Waals surface area contributed by atoms with Crippen LogP contribution in [0.5, 0.6) is 0 Å². The average molecular weight is 239 g/mol. The molecule has 0 bridgehead atoms. The number of pyridine rings is 1. The molecule has 1 aromatic rings. The van der Waals surface area contributed by atoms with Gasteiger partial charge in [0.15, 0.2) is 0 Å². The van der Waals surface area contributed by atoms with Crippen LogP contribution >= 0.6 is 0 Å². The lowest BCUT2D eigenvalue weighted by atomic mass is 10.2. The fraction of sp³-hybridized carbons (Fsp3) is 0.455. The van der Waals surface area contributed by atoms with E-state index in [4.69, 9.17) is 10.5 Å². The zero-order valence-electron chi connectivity index (χ0n) is 9.81. The Labute approximate surface area is 99.4 Å². The van der Waals surface area contributed by atoms with Gasteiger partial charge in [-0.2, -0.15) is 0 Å². The number of aryl methyl sites for hydroxylation is 1. The summed E-state index contributed by atoms with van der Waals surface area (Å²) in [4.78, 5) is 22.9. The second-order valence-electron chi connectivity index (χ2n) is 3.52. The smallest absolute Gasteiger partial charge is 0.251 e. The van der Waals surface area contributed by atoms with Gasteiger partial charge < -0.3 is 20.4 Å². The summed E-state index contributed by atoms with van der Waals surface area (Å²) in [5, 5.41) is 2.65. The number of rotatable bonds is 6. The molecular weight excluding hydrogens is 222 g/mol. The minimum atomic E-state index is -0.279. The molecule has 94 valence electrons. The second kappa shape index (κ2) is 6.82. The Bertz CT molecular complexity index is 428. The topological polar surface area (TPSA) is 86.3 Å². The van der Waals surface area contributed by atoms with Crippen LogP contribution in [0, 0.1) is 0 Å². The van der Waals surface area contributed by atoms with Gasteiger partial charge in [-0.25, -0.2) is 0 Å². The molecule has 0 atom stereocenters. The minimum Gasteiger partial charge on any atom is -0.378 e. The number of nitrogens with one attached hydrogen (secondary N) is 1. The van der Waals surface area contributed by atoms with E-state index in [0.717, 1.165) is 0 Å². The third-order valence-corrected chi connectivity index (χ3v) is 2.16. The summed E-state index contributed by atoms with van der Waals surface area (Å²) >= 11 is 0. The lowest BCUT2D eigenvalue weighted by Crippen LogP contribution is -2.29. The fourth-order valence-electron chi connectivity index (χ4n) is 1.21. The van der Waals surface area contributed by atoms with E-state index in [1.54, 1.807) is 19.3 Å². The molecule has 0 aliphatic heterocycles. The number of aromatic nitrogens is 1. The van der Waals surface area contributed by atoms with Crippen molar-refractivity contribution in [3.8, 4) is 0 Å². The highest BCUT2D eigenvalue weighted by atomic mass is 16.5. The summed E-state index contributed by atoms with van der Waals surface area (Å²) in [7, 11) is 1.63. The van der Waals surface area contributed by atoms with E-state index in [9.17, 15) is 9.59 Å². The third kappa shape index (κ3) is 4.38. The van der Waals surface area contributed by atoms with Crippen molar-refractivity contribution in [2.45, 2.75) is 0 Å². The van der Waals surface area contributed by atoms with Gasteiger partial charge in [0, 0.05) is 38.0 Å². The van der Waals surface area contributed by atoms with Gasteiger partial charge in [0.1, 0.15) is 0 Å². The highest BCUT2D eigenvalue weighted by molar-refractivity contribution is 5.93. The van der Waals surface area contributed by atoms with Gasteiger partial charge in [0.2, 0.25) is 0 Å². The standard InChI is InChI=1S/C11H17N3O3/c1-14-5-2-9(8-10(14)15)11(16)13-4-7-17-6-3-12/h2,5,8H,3-4,6-7,12H2,1H3,(H,13,16). The molecule has 0 aliphatic carbocycles. The maximum atomic E-state index is 11.6. The van der Waals surface area contributed by atoms with Gasteiger partial charge in [-0.15, -0.1) is 0 Å². The molecule has 0 fully saturated rings. The number of carbonyl (C=O) groups is 1. The predicted molar refractivity (Wildman–Crippen MR) is 63.9 cm³/mol. The van der Waals surface area contributed by atoms with Crippen LogP contribution in [0.15, 0.2) is 23.1 Å². The zero-order chi connectivity index (χ0) is 12.7. The molecule has 1 aromatic heterocycles. The number of hydrogen-bond acceptors (Lipinski definition) is 4. The van der Waals surface area contributed by atoms with Crippen molar-refractivity contribution < 1.29 is 9.53 Å². The SMILES string of the molecule is Cn1ccc(C(=O)NCCOCCN)cc1=O. The number of nitrogens with two attached hydrogens (primary N) is 1. The fourth-order valence-corrected chi connectivity index (χ4v) is 1.21. The largest absolute Gasteiger partial charge is 0.378 e. The molecule has 3 N–H and O–H groups in total. The van der Waals surface area contributed by atoms with E-state index < -0.39 is 0 Å². The number of hydrogen-bond donors (Lipinski definition) is 2. The third-order valence-electron chi connectivity index (χ3n) is 2.16. The molecule has 6 nitrogen and oxygen atoms in total. The van der Waals surface area contributed by atoms with Crippen molar-refractivity contribution in [2.75, 3.05) is 26.3 Å². The average Bonchev–Trinajstić information content (AvgIpc) is 2.32. The Hall–Kier alpha value is -1.66. The van der Waals surface area contributed by atoms with Crippen LogP contribution in [-0.2, 0) is 11.8 Å². The maximum Gasteiger partial charge on any atom is 0.251 e. The van der Waals surface area contributed by atoms with Crippen molar-refractivity contribution in [1.82, 2.24) is 9.88 Å². The molecule has 0 unspecified atom stereocenters. The summed E-state index contributed by atoms with van der Waals surface area (Å²) in [6, 6.07) is 2.90. The van der Waals surface area contributed by atoms with Gasteiger partial charge >= 0.3 is 0 Å². The Morgan fingerprint density at radius 1 is 1.53 bits per heavy atom. The Morgan fingerprint density at radius 3 is 2.94 bits per heavy atom. The number of carbonyl (C=O) groups excluding carboxylic acids is 1. The first-order chi connectivity index (χ1) is 8.15. The van der Waals surface area contributed by atoms with E-state index in [1.165, 1.54) is 10.6 Å². The van der Waals surface area contributed by atoms with Crippen molar-refractivity contribution in [3.63, 3.8) is 0 Å². The van der Waals surface area contributed by atoms with Crippen molar-refractivity contribution >= 4 is 5.91 Å². The number of nitrogens with zero attached hydrogens (tertiary/aromatic N) is 1. The van der Waals surface area contributed by atoms with E-state index in [2.05, 4.69) is 5.32 Å². The summed E-state index contributed by atoms with van der Waals surface area (Å²) in [5.41, 5.74) is 5.39. The van der Waals surface area contributed by atoms with E-state index in [1.807, 2.05) is 0 Å². The quantitative estimate of drug-likeness (QED) is 0.629. The molecule has 0 aliphatic rings. The summed E-state index contributed by atoms with van der Waals surface area (Å²) in [5.74, 6) is -0.279. The van der Waals surface area contributed by atoms with Gasteiger partial charge in [-0.05, 0) is 6.07 Å². The molecule has 1 amide bonds. The van der Waals surface area contributed by atoms with Crippen LogP contribution < -0.4 is 16.6 Å². The van der Waals surface area contributed by atoms with Crippen LogP contribution in [-0.4, -0.2) is 36.8 Å².